The van der Waals surface area contributed by atoms with E-state index in [2.05, 4.69) is 22.4 Å². The highest BCUT2D eigenvalue weighted by atomic mass is 16.2. The highest BCUT2D eigenvalue weighted by Gasteiger charge is 2.29. The lowest BCUT2D eigenvalue weighted by molar-refractivity contribution is -0.128. The Morgan fingerprint density at radius 1 is 1.21 bits per heavy atom. The molecule has 1 aliphatic heterocycles. The standard InChI is InChI=1S/C19H28N4O/c20-19(22-17-9-5-2-6-10-17)21-12-16-11-18(24)23(14-16)13-15-7-3-1-4-8-15/h1,3-4,7-8,16-17H,2,5-6,9-14H2,(H3,20,21,22). The molecule has 2 aliphatic rings. The van der Waals surface area contributed by atoms with Crippen LogP contribution in [0.1, 0.15) is 44.1 Å². The molecule has 1 aromatic rings. The second kappa shape index (κ2) is 8.18. The first-order chi connectivity index (χ1) is 11.7. The second-order valence-corrected chi connectivity index (χ2v) is 7.04. The summed E-state index contributed by atoms with van der Waals surface area (Å²) in [7, 11) is 0. The van der Waals surface area contributed by atoms with Crippen molar-refractivity contribution in [3.05, 3.63) is 35.9 Å². The normalized spacial score (nSPS) is 22.8. The fourth-order valence-corrected chi connectivity index (χ4v) is 3.66. The topological polar surface area (TPSA) is 70.7 Å². The largest absolute Gasteiger partial charge is 0.370 e. The molecule has 1 aromatic carbocycles. The number of carbonyl (C=O) groups excluding carboxylic acids is 1. The Morgan fingerprint density at radius 3 is 2.71 bits per heavy atom. The number of nitrogens with one attached hydrogen (secondary N) is 1. The number of hydrogen-bond acceptors (Lipinski definition) is 2. The summed E-state index contributed by atoms with van der Waals surface area (Å²) in [6.45, 7) is 2.09. The zero-order valence-electron chi connectivity index (χ0n) is 14.3. The van der Waals surface area contributed by atoms with Gasteiger partial charge in [-0.3, -0.25) is 9.79 Å². The van der Waals surface area contributed by atoms with Crippen LogP contribution >= 0.6 is 0 Å². The first kappa shape index (κ1) is 16.8. The second-order valence-electron chi connectivity index (χ2n) is 7.04. The fraction of sp³-hybridized carbons (Fsp3) is 0.579. The third kappa shape index (κ3) is 4.73. The third-order valence-electron chi connectivity index (χ3n) is 4.99. The lowest BCUT2D eigenvalue weighted by atomic mass is 9.96. The number of carbonyl (C=O) groups is 1. The van der Waals surface area contributed by atoms with Gasteiger partial charge in [0, 0.05) is 38.0 Å². The lowest BCUT2D eigenvalue weighted by Gasteiger charge is -2.23. The van der Waals surface area contributed by atoms with Crippen LogP contribution in [0.4, 0.5) is 0 Å². The zero-order valence-corrected chi connectivity index (χ0v) is 14.3. The van der Waals surface area contributed by atoms with Crippen molar-refractivity contribution in [1.82, 2.24) is 10.2 Å². The molecule has 0 radical (unpaired) electrons. The molecule has 5 heteroatoms. The molecule has 130 valence electrons. The van der Waals surface area contributed by atoms with Gasteiger partial charge < -0.3 is 16.0 Å². The minimum atomic E-state index is 0.220. The molecule has 0 aromatic heterocycles. The molecule has 3 rings (SSSR count). The van der Waals surface area contributed by atoms with E-state index in [4.69, 9.17) is 5.73 Å². The van der Waals surface area contributed by atoms with Gasteiger partial charge in [-0.2, -0.15) is 0 Å². The van der Waals surface area contributed by atoms with Gasteiger partial charge in [-0.1, -0.05) is 49.6 Å². The summed E-state index contributed by atoms with van der Waals surface area (Å²) in [5.74, 6) is 1.03. The van der Waals surface area contributed by atoms with Crippen LogP contribution in [0.15, 0.2) is 35.3 Å². The van der Waals surface area contributed by atoms with Crippen molar-refractivity contribution in [2.75, 3.05) is 13.1 Å². The number of benzene rings is 1. The van der Waals surface area contributed by atoms with Crippen molar-refractivity contribution in [1.29, 1.82) is 0 Å². The van der Waals surface area contributed by atoms with Crippen LogP contribution in [0, 0.1) is 5.92 Å². The molecular weight excluding hydrogens is 300 g/mol. The van der Waals surface area contributed by atoms with Crippen molar-refractivity contribution in [3.8, 4) is 0 Å². The Balaban J connectivity index is 1.46. The molecule has 0 spiro atoms. The average Bonchev–Trinajstić information content (AvgIpc) is 2.95. The first-order valence-corrected chi connectivity index (χ1v) is 9.09. The van der Waals surface area contributed by atoms with E-state index in [-0.39, 0.29) is 11.8 Å². The van der Waals surface area contributed by atoms with Crippen LogP contribution in [0.25, 0.3) is 0 Å². The van der Waals surface area contributed by atoms with Gasteiger partial charge in [0.15, 0.2) is 5.96 Å². The molecule has 1 heterocycles. The van der Waals surface area contributed by atoms with Crippen molar-refractivity contribution in [2.24, 2.45) is 16.6 Å². The number of amides is 1. The maximum absolute atomic E-state index is 12.2. The summed E-state index contributed by atoms with van der Waals surface area (Å²) in [4.78, 5) is 18.6. The van der Waals surface area contributed by atoms with Gasteiger partial charge in [0.1, 0.15) is 0 Å². The Morgan fingerprint density at radius 2 is 1.96 bits per heavy atom. The summed E-state index contributed by atoms with van der Waals surface area (Å²) >= 11 is 0. The number of likely N-dealkylation sites (tertiary alicyclic amines) is 1. The molecule has 5 nitrogen and oxygen atoms in total. The molecule has 1 aliphatic carbocycles. The minimum Gasteiger partial charge on any atom is -0.370 e. The number of guanidine groups is 1. The quantitative estimate of drug-likeness (QED) is 0.643. The highest BCUT2D eigenvalue weighted by molar-refractivity contribution is 5.79. The Bertz CT molecular complexity index is 566. The van der Waals surface area contributed by atoms with Crippen LogP contribution in [0.5, 0.6) is 0 Å². The van der Waals surface area contributed by atoms with Gasteiger partial charge in [0.2, 0.25) is 5.91 Å². The molecule has 1 saturated carbocycles. The van der Waals surface area contributed by atoms with Crippen LogP contribution < -0.4 is 11.1 Å². The van der Waals surface area contributed by atoms with Gasteiger partial charge in [0.25, 0.3) is 0 Å². The number of nitrogens with two attached hydrogens (primary N) is 1. The summed E-state index contributed by atoms with van der Waals surface area (Å²) in [5, 5.41) is 3.33. The van der Waals surface area contributed by atoms with Gasteiger partial charge in [-0.25, -0.2) is 0 Å². The predicted molar refractivity (Wildman–Crippen MR) is 96.5 cm³/mol. The van der Waals surface area contributed by atoms with E-state index < -0.39 is 0 Å². The van der Waals surface area contributed by atoms with E-state index in [1.165, 1.54) is 37.7 Å². The van der Waals surface area contributed by atoms with Gasteiger partial charge in [0.05, 0.1) is 0 Å². The van der Waals surface area contributed by atoms with Crippen molar-refractivity contribution in [2.45, 2.75) is 51.1 Å². The summed E-state index contributed by atoms with van der Waals surface area (Å²) in [6, 6.07) is 10.6. The number of rotatable bonds is 5. The predicted octanol–water partition coefficient (Wildman–Crippen LogP) is 2.27. The highest BCUT2D eigenvalue weighted by Crippen LogP contribution is 2.21. The molecule has 0 bridgehead atoms. The van der Waals surface area contributed by atoms with Crippen LogP contribution in [0.3, 0.4) is 0 Å². The number of nitrogens with zero attached hydrogens (tertiary/aromatic N) is 2. The summed E-state index contributed by atoms with van der Waals surface area (Å²) in [6.07, 6.45) is 6.82. The summed E-state index contributed by atoms with van der Waals surface area (Å²) in [5.41, 5.74) is 7.19. The van der Waals surface area contributed by atoms with E-state index >= 15 is 0 Å². The Labute approximate surface area is 144 Å². The zero-order chi connectivity index (χ0) is 16.8. The van der Waals surface area contributed by atoms with E-state index in [0.717, 1.165) is 6.54 Å². The molecule has 1 atom stereocenters. The smallest absolute Gasteiger partial charge is 0.223 e. The van der Waals surface area contributed by atoms with Gasteiger partial charge >= 0.3 is 0 Å². The molecular formula is C19H28N4O. The van der Waals surface area contributed by atoms with E-state index in [0.29, 0.717) is 31.5 Å². The van der Waals surface area contributed by atoms with Crippen molar-refractivity contribution in [3.63, 3.8) is 0 Å². The van der Waals surface area contributed by atoms with Crippen molar-refractivity contribution >= 4 is 11.9 Å². The van der Waals surface area contributed by atoms with Crippen LogP contribution in [-0.4, -0.2) is 35.9 Å². The molecule has 24 heavy (non-hydrogen) atoms. The Kier molecular flexibility index (Phi) is 5.72. The summed E-state index contributed by atoms with van der Waals surface area (Å²) < 4.78 is 0. The van der Waals surface area contributed by atoms with Gasteiger partial charge in [-0.15, -0.1) is 0 Å². The molecule has 1 saturated heterocycles. The van der Waals surface area contributed by atoms with E-state index in [1.54, 1.807) is 0 Å². The van der Waals surface area contributed by atoms with Crippen LogP contribution in [-0.2, 0) is 11.3 Å². The number of aliphatic imine (C=N–C) groups is 1. The van der Waals surface area contributed by atoms with Gasteiger partial charge in [-0.05, 0) is 18.4 Å². The maximum atomic E-state index is 12.2. The van der Waals surface area contributed by atoms with Crippen molar-refractivity contribution < 1.29 is 4.79 Å². The van der Waals surface area contributed by atoms with E-state index in [1.807, 2.05) is 23.1 Å². The fourth-order valence-electron chi connectivity index (χ4n) is 3.66. The van der Waals surface area contributed by atoms with E-state index in [9.17, 15) is 4.79 Å². The minimum absolute atomic E-state index is 0.220. The molecule has 3 N–H and O–H groups in total. The lowest BCUT2D eigenvalue weighted by Crippen LogP contribution is -2.41. The molecule has 1 amide bonds. The monoisotopic (exact) mass is 328 g/mol. The Hall–Kier alpha value is -2.04. The number of hydrogen-bond donors (Lipinski definition) is 2. The molecule has 1 unspecified atom stereocenters. The third-order valence-corrected chi connectivity index (χ3v) is 4.99. The molecule has 2 fully saturated rings. The average molecular weight is 328 g/mol. The van der Waals surface area contributed by atoms with Crippen LogP contribution in [0.2, 0.25) is 0 Å². The maximum Gasteiger partial charge on any atom is 0.223 e. The first-order valence-electron chi connectivity index (χ1n) is 9.09. The SMILES string of the molecule is NC(=NCC1CC(=O)N(Cc2ccccc2)C1)NC1CCCCC1.